The fourth-order valence-electron chi connectivity index (χ4n) is 3.33. The average Bonchev–Trinajstić information content (AvgIpc) is 3.09. The van der Waals surface area contributed by atoms with Crippen molar-refractivity contribution in [3.63, 3.8) is 0 Å². The first-order chi connectivity index (χ1) is 12.6. The summed E-state index contributed by atoms with van der Waals surface area (Å²) in [6.07, 6.45) is 2.35. The second-order valence-corrected chi connectivity index (χ2v) is 6.28. The van der Waals surface area contributed by atoms with E-state index in [1.165, 1.54) is 16.7 Å². The van der Waals surface area contributed by atoms with E-state index in [0.29, 0.717) is 12.1 Å². The van der Waals surface area contributed by atoms with Crippen molar-refractivity contribution in [3.05, 3.63) is 99.7 Å². The van der Waals surface area contributed by atoms with Crippen molar-refractivity contribution < 1.29 is 9.18 Å². The van der Waals surface area contributed by atoms with E-state index in [2.05, 4.69) is 0 Å². The molecule has 5 heteroatoms. The highest BCUT2D eigenvalue weighted by atomic mass is 19.1. The molecule has 0 saturated carbocycles. The summed E-state index contributed by atoms with van der Waals surface area (Å²) in [5.41, 5.74) is 2.04. The molecule has 0 atom stereocenters. The smallest absolute Gasteiger partial charge is 0.263 e. The van der Waals surface area contributed by atoms with Crippen molar-refractivity contribution >= 4 is 11.6 Å². The topological polar surface area (TPSA) is 42.3 Å². The lowest BCUT2D eigenvalue weighted by Gasteiger charge is -2.17. The zero-order chi connectivity index (χ0) is 18.1. The van der Waals surface area contributed by atoms with Crippen LogP contribution < -0.4 is 10.5 Å². The van der Waals surface area contributed by atoms with Gasteiger partial charge in [-0.05, 0) is 36.2 Å². The van der Waals surface area contributed by atoms with E-state index in [9.17, 15) is 14.0 Å². The number of aromatic nitrogens is 1. The van der Waals surface area contributed by atoms with Gasteiger partial charge in [-0.15, -0.1) is 0 Å². The summed E-state index contributed by atoms with van der Waals surface area (Å²) in [6.45, 7) is 0.642. The first kappa shape index (κ1) is 16.3. The minimum atomic E-state index is -0.412. The third kappa shape index (κ3) is 2.81. The molecule has 0 spiro atoms. The summed E-state index contributed by atoms with van der Waals surface area (Å²) in [6, 6.07) is 17.2. The highest BCUT2D eigenvalue weighted by molar-refractivity contribution is 6.07. The zero-order valence-electron chi connectivity index (χ0n) is 14.1. The molecule has 1 amide bonds. The molecule has 0 radical (unpaired) electrons. The Balaban J connectivity index is 1.67. The number of nitrogens with zero attached hydrogens (tertiary/aromatic N) is 2. The Morgan fingerprint density at radius 3 is 2.62 bits per heavy atom. The molecular formula is C21H17FN2O2. The molecule has 2 heterocycles. The van der Waals surface area contributed by atoms with Gasteiger partial charge in [0, 0.05) is 24.0 Å². The fourth-order valence-corrected chi connectivity index (χ4v) is 3.33. The van der Waals surface area contributed by atoms with Crippen LogP contribution in [-0.2, 0) is 13.0 Å². The first-order valence-electron chi connectivity index (χ1n) is 8.48. The summed E-state index contributed by atoms with van der Waals surface area (Å²) >= 11 is 0. The van der Waals surface area contributed by atoms with E-state index in [1.54, 1.807) is 35.4 Å². The fraction of sp³-hybridized carbons (Fsp3) is 0.143. The van der Waals surface area contributed by atoms with E-state index < -0.39 is 5.56 Å². The molecule has 130 valence electrons. The molecule has 0 aliphatic carbocycles. The largest absolute Gasteiger partial charge is 0.310 e. The third-order valence-electron chi connectivity index (χ3n) is 4.68. The Bertz CT molecular complexity index is 1040. The highest BCUT2D eigenvalue weighted by Gasteiger charge is 2.27. The molecule has 26 heavy (non-hydrogen) atoms. The average molecular weight is 348 g/mol. The predicted molar refractivity (Wildman–Crippen MR) is 98.0 cm³/mol. The Morgan fingerprint density at radius 2 is 1.77 bits per heavy atom. The van der Waals surface area contributed by atoms with Crippen molar-refractivity contribution in [1.82, 2.24) is 4.57 Å². The Hall–Kier alpha value is -3.21. The van der Waals surface area contributed by atoms with Crippen LogP contribution in [-0.4, -0.2) is 17.0 Å². The van der Waals surface area contributed by atoms with Gasteiger partial charge in [0.15, 0.2) is 0 Å². The maximum atomic E-state index is 13.9. The van der Waals surface area contributed by atoms with Crippen LogP contribution in [0.1, 0.15) is 21.5 Å². The lowest BCUT2D eigenvalue weighted by molar-refractivity contribution is 0.0987. The number of amides is 1. The van der Waals surface area contributed by atoms with Gasteiger partial charge < -0.3 is 9.47 Å². The summed E-state index contributed by atoms with van der Waals surface area (Å²) in [4.78, 5) is 27.4. The van der Waals surface area contributed by atoms with Gasteiger partial charge in [0.25, 0.3) is 11.5 Å². The van der Waals surface area contributed by atoms with E-state index in [1.807, 2.05) is 24.3 Å². The van der Waals surface area contributed by atoms with Gasteiger partial charge in [-0.1, -0.05) is 36.4 Å². The van der Waals surface area contributed by atoms with Gasteiger partial charge in [-0.25, -0.2) is 4.39 Å². The maximum Gasteiger partial charge on any atom is 0.263 e. The number of fused-ring (bicyclic) bond motifs is 1. The molecular weight excluding hydrogens is 331 g/mol. The van der Waals surface area contributed by atoms with E-state index in [0.717, 1.165) is 17.7 Å². The van der Waals surface area contributed by atoms with Crippen LogP contribution in [0.4, 0.5) is 10.1 Å². The second kappa shape index (κ2) is 6.59. The Kier molecular flexibility index (Phi) is 4.13. The number of anilines is 1. The van der Waals surface area contributed by atoms with Gasteiger partial charge in [0.05, 0.1) is 6.54 Å². The molecule has 1 aliphatic rings. The van der Waals surface area contributed by atoms with Crippen molar-refractivity contribution in [2.75, 3.05) is 11.4 Å². The minimum Gasteiger partial charge on any atom is -0.310 e. The number of benzene rings is 2. The van der Waals surface area contributed by atoms with Gasteiger partial charge in [0.1, 0.15) is 11.4 Å². The molecule has 1 aliphatic heterocycles. The number of pyridine rings is 1. The lowest BCUT2D eigenvalue weighted by atomic mass is 10.1. The Labute approximate surface area is 150 Å². The monoisotopic (exact) mass is 348 g/mol. The molecule has 0 saturated heterocycles. The van der Waals surface area contributed by atoms with Crippen molar-refractivity contribution in [3.8, 4) is 0 Å². The van der Waals surface area contributed by atoms with Crippen molar-refractivity contribution in [1.29, 1.82) is 0 Å². The molecule has 0 fully saturated rings. The SMILES string of the molecule is O=C(c1cccn(Cc2ccccc2F)c1=O)N1CCc2ccccc21. The second-order valence-electron chi connectivity index (χ2n) is 6.28. The number of hydrogen-bond donors (Lipinski definition) is 0. The maximum absolute atomic E-state index is 13.9. The van der Waals surface area contributed by atoms with Crippen molar-refractivity contribution in [2.45, 2.75) is 13.0 Å². The molecule has 0 N–H and O–H groups in total. The number of rotatable bonds is 3. The Morgan fingerprint density at radius 1 is 1.00 bits per heavy atom. The van der Waals surface area contributed by atoms with Crippen molar-refractivity contribution in [2.24, 2.45) is 0 Å². The predicted octanol–water partition coefficient (Wildman–Crippen LogP) is 3.24. The molecule has 1 aromatic heterocycles. The quantitative estimate of drug-likeness (QED) is 0.729. The normalized spacial score (nSPS) is 12.9. The molecule has 0 unspecified atom stereocenters. The van der Waals surface area contributed by atoms with Crippen LogP contribution in [0.15, 0.2) is 71.7 Å². The number of para-hydroxylation sites is 1. The van der Waals surface area contributed by atoms with Crippen LogP contribution >= 0.6 is 0 Å². The number of hydrogen-bond acceptors (Lipinski definition) is 2. The molecule has 4 nitrogen and oxygen atoms in total. The molecule has 4 rings (SSSR count). The van der Waals surface area contributed by atoms with Gasteiger partial charge in [-0.3, -0.25) is 9.59 Å². The number of carbonyl (C=O) groups is 1. The summed E-state index contributed by atoms with van der Waals surface area (Å²) < 4.78 is 15.3. The zero-order valence-corrected chi connectivity index (χ0v) is 14.1. The van der Waals surface area contributed by atoms with Crippen LogP contribution in [0.2, 0.25) is 0 Å². The minimum absolute atomic E-state index is 0.0865. The van der Waals surface area contributed by atoms with Gasteiger partial charge in [0.2, 0.25) is 0 Å². The standard InChI is InChI=1S/C21H17FN2O2/c22-18-9-3-1-7-16(18)14-23-12-5-8-17(20(23)25)21(26)24-13-11-15-6-2-4-10-19(15)24/h1-10,12H,11,13-14H2. The molecule has 2 aromatic carbocycles. The molecule has 0 bridgehead atoms. The van der Waals surface area contributed by atoms with Crippen LogP contribution in [0.25, 0.3) is 0 Å². The number of halogens is 1. The first-order valence-corrected chi connectivity index (χ1v) is 8.48. The van der Waals surface area contributed by atoms with E-state index in [4.69, 9.17) is 0 Å². The summed E-state index contributed by atoms with van der Waals surface area (Å²) in [7, 11) is 0. The van der Waals surface area contributed by atoms with E-state index >= 15 is 0 Å². The van der Waals surface area contributed by atoms with Gasteiger partial charge in [-0.2, -0.15) is 0 Å². The number of carbonyl (C=O) groups excluding carboxylic acids is 1. The molecule has 3 aromatic rings. The lowest BCUT2D eigenvalue weighted by Crippen LogP contribution is -2.35. The van der Waals surface area contributed by atoms with Crippen LogP contribution in [0.3, 0.4) is 0 Å². The van der Waals surface area contributed by atoms with Gasteiger partial charge >= 0.3 is 0 Å². The van der Waals surface area contributed by atoms with Crippen LogP contribution in [0, 0.1) is 5.82 Å². The van der Waals surface area contributed by atoms with Crippen LogP contribution in [0.5, 0.6) is 0 Å². The highest BCUT2D eigenvalue weighted by Crippen LogP contribution is 2.28. The third-order valence-corrected chi connectivity index (χ3v) is 4.68. The van der Waals surface area contributed by atoms with E-state index in [-0.39, 0.29) is 23.8 Å². The summed E-state index contributed by atoms with van der Waals surface area (Å²) in [5.74, 6) is -0.688. The summed E-state index contributed by atoms with van der Waals surface area (Å²) in [5, 5.41) is 0.